The Hall–Kier alpha value is -2.30. The van der Waals surface area contributed by atoms with Crippen molar-refractivity contribution in [2.24, 2.45) is 10.9 Å². The third-order valence-corrected chi connectivity index (χ3v) is 1.69. The molecule has 0 heterocycles. The van der Waals surface area contributed by atoms with Crippen LogP contribution in [0.4, 0.5) is 0 Å². The number of nitrogens with two attached hydrogens (primary N) is 1. The number of ether oxygens (including phenoxy) is 1. The van der Waals surface area contributed by atoms with Crippen molar-refractivity contribution in [3.05, 3.63) is 48.2 Å². The van der Waals surface area contributed by atoms with Crippen LogP contribution in [0.1, 0.15) is 5.56 Å². The second-order valence-electron chi connectivity index (χ2n) is 2.77. The highest BCUT2D eigenvalue weighted by Crippen LogP contribution is 1.97. The molecule has 0 saturated heterocycles. The minimum absolute atomic E-state index is 0.232. The van der Waals surface area contributed by atoms with E-state index in [1.165, 1.54) is 7.11 Å². The lowest BCUT2D eigenvalue weighted by atomic mass is 10.2. The first-order chi connectivity index (χ1) is 7.74. The van der Waals surface area contributed by atoms with Gasteiger partial charge in [0.25, 0.3) is 0 Å². The number of esters is 1. The Kier molecular flexibility index (Phi) is 4.59. The molecule has 84 valence electrons. The average Bonchev–Trinajstić information content (AvgIpc) is 2.35. The molecule has 0 aromatic heterocycles. The Morgan fingerprint density at radius 1 is 1.38 bits per heavy atom. The third kappa shape index (κ3) is 3.83. The van der Waals surface area contributed by atoms with Crippen LogP contribution in [-0.2, 0) is 14.4 Å². The van der Waals surface area contributed by atoms with E-state index < -0.39 is 5.97 Å². The molecule has 0 amide bonds. The Bertz CT molecular complexity index is 399. The van der Waals surface area contributed by atoms with Crippen molar-refractivity contribution < 1.29 is 14.4 Å². The summed E-state index contributed by atoms with van der Waals surface area (Å²) in [5, 5.41) is 3.60. The Morgan fingerprint density at radius 2 is 2.06 bits per heavy atom. The van der Waals surface area contributed by atoms with Crippen molar-refractivity contribution in [2.75, 3.05) is 7.11 Å². The van der Waals surface area contributed by atoms with Gasteiger partial charge in [-0.05, 0) is 0 Å². The van der Waals surface area contributed by atoms with Crippen molar-refractivity contribution in [3.63, 3.8) is 0 Å². The van der Waals surface area contributed by atoms with E-state index in [9.17, 15) is 4.79 Å². The molecule has 5 nitrogen and oxygen atoms in total. The first-order valence-electron chi connectivity index (χ1n) is 4.53. The normalized spacial score (nSPS) is 11.4. The fraction of sp³-hybridized carbons (Fsp3) is 0.0909. The third-order valence-electron chi connectivity index (χ3n) is 1.69. The predicted octanol–water partition coefficient (Wildman–Crippen LogP) is 1.01. The molecule has 0 aliphatic rings. The quantitative estimate of drug-likeness (QED) is 0.205. The van der Waals surface area contributed by atoms with E-state index in [-0.39, 0.29) is 5.84 Å². The van der Waals surface area contributed by atoms with Gasteiger partial charge in [0.1, 0.15) is 6.26 Å². The largest absolute Gasteiger partial charge is 0.466 e. The first-order valence-corrected chi connectivity index (χ1v) is 4.53. The van der Waals surface area contributed by atoms with Crippen LogP contribution in [0.2, 0.25) is 0 Å². The lowest BCUT2D eigenvalue weighted by Crippen LogP contribution is -2.13. The summed E-state index contributed by atoms with van der Waals surface area (Å²) in [4.78, 5) is 15.4. The van der Waals surface area contributed by atoms with Gasteiger partial charge < -0.3 is 15.3 Å². The molecule has 0 saturated carbocycles. The van der Waals surface area contributed by atoms with E-state index in [0.717, 1.165) is 17.9 Å². The van der Waals surface area contributed by atoms with Gasteiger partial charge in [0.15, 0.2) is 5.84 Å². The van der Waals surface area contributed by atoms with Crippen LogP contribution < -0.4 is 5.73 Å². The molecule has 1 rings (SSSR count). The number of methoxy groups -OCH3 is 1. The fourth-order valence-electron chi connectivity index (χ4n) is 0.903. The highest BCUT2D eigenvalue weighted by molar-refractivity contribution is 5.96. The number of carbonyl (C=O) groups is 1. The Morgan fingerprint density at radius 3 is 2.69 bits per heavy atom. The smallest absolute Gasteiger partial charge is 0.333 e. The van der Waals surface area contributed by atoms with Crippen LogP contribution >= 0.6 is 0 Å². The van der Waals surface area contributed by atoms with Gasteiger partial charge in [0.05, 0.1) is 13.2 Å². The van der Waals surface area contributed by atoms with Crippen molar-refractivity contribution in [3.8, 4) is 0 Å². The van der Waals surface area contributed by atoms with Gasteiger partial charge in [-0.15, -0.1) is 0 Å². The molecule has 2 N–H and O–H groups in total. The van der Waals surface area contributed by atoms with Crippen LogP contribution in [0.5, 0.6) is 0 Å². The van der Waals surface area contributed by atoms with Gasteiger partial charge in [0.2, 0.25) is 0 Å². The predicted molar refractivity (Wildman–Crippen MR) is 59.4 cm³/mol. The van der Waals surface area contributed by atoms with Gasteiger partial charge in [-0.3, -0.25) is 0 Å². The standard InChI is InChI=1S/C11H12N2O3/c1-15-10(14)7-8-16-13-11(12)9-5-3-2-4-6-9/h2-8H,1H3,(H2,12,13)/b8-7+. The minimum Gasteiger partial charge on any atom is -0.466 e. The van der Waals surface area contributed by atoms with Crippen LogP contribution in [-0.4, -0.2) is 18.9 Å². The summed E-state index contributed by atoms with van der Waals surface area (Å²) in [5.41, 5.74) is 6.36. The van der Waals surface area contributed by atoms with Crippen LogP contribution in [0.3, 0.4) is 0 Å². The first kappa shape index (κ1) is 11.8. The number of benzene rings is 1. The molecule has 0 fully saturated rings. The molecule has 0 spiro atoms. The van der Waals surface area contributed by atoms with Crippen molar-refractivity contribution in [2.45, 2.75) is 0 Å². The van der Waals surface area contributed by atoms with Crippen molar-refractivity contribution in [1.82, 2.24) is 0 Å². The molecule has 1 aromatic rings. The summed E-state index contributed by atoms with van der Waals surface area (Å²) in [6, 6.07) is 9.14. The molecule has 0 atom stereocenters. The maximum absolute atomic E-state index is 10.7. The van der Waals surface area contributed by atoms with Crippen molar-refractivity contribution in [1.29, 1.82) is 0 Å². The minimum atomic E-state index is -0.520. The molecule has 0 aliphatic heterocycles. The van der Waals surface area contributed by atoms with Gasteiger partial charge in [0, 0.05) is 5.56 Å². The zero-order chi connectivity index (χ0) is 11.8. The highest BCUT2D eigenvalue weighted by atomic mass is 16.6. The highest BCUT2D eigenvalue weighted by Gasteiger charge is 1.96. The van der Waals surface area contributed by atoms with Gasteiger partial charge in [-0.25, -0.2) is 4.79 Å². The second kappa shape index (κ2) is 6.23. The Balaban J connectivity index is 2.53. The number of carbonyl (C=O) groups excluding carboxylic acids is 1. The van der Waals surface area contributed by atoms with Crippen molar-refractivity contribution >= 4 is 11.8 Å². The number of oxime groups is 1. The summed E-state index contributed by atoms with van der Waals surface area (Å²) in [7, 11) is 1.27. The van der Waals surface area contributed by atoms with E-state index >= 15 is 0 Å². The maximum Gasteiger partial charge on any atom is 0.333 e. The van der Waals surface area contributed by atoms with Crippen LogP contribution in [0.25, 0.3) is 0 Å². The van der Waals surface area contributed by atoms with Gasteiger partial charge in [-0.1, -0.05) is 35.5 Å². The lowest BCUT2D eigenvalue weighted by Gasteiger charge is -1.97. The monoisotopic (exact) mass is 220 g/mol. The van der Waals surface area contributed by atoms with Gasteiger partial charge >= 0.3 is 5.97 Å². The molecule has 0 radical (unpaired) electrons. The number of hydrogen-bond acceptors (Lipinski definition) is 4. The summed E-state index contributed by atoms with van der Waals surface area (Å²) >= 11 is 0. The van der Waals surface area contributed by atoms with Crippen LogP contribution in [0.15, 0.2) is 47.8 Å². The number of rotatable bonds is 4. The second-order valence-corrected chi connectivity index (χ2v) is 2.77. The average molecular weight is 220 g/mol. The maximum atomic E-state index is 10.7. The topological polar surface area (TPSA) is 73.9 Å². The molecule has 1 aromatic carbocycles. The summed E-state index contributed by atoms with van der Waals surface area (Å²) in [5.74, 6) is -0.288. The summed E-state index contributed by atoms with van der Waals surface area (Å²) < 4.78 is 4.36. The molecular weight excluding hydrogens is 208 g/mol. The molecule has 0 bridgehead atoms. The van der Waals surface area contributed by atoms with E-state index in [4.69, 9.17) is 10.6 Å². The van der Waals surface area contributed by atoms with E-state index in [2.05, 4.69) is 9.89 Å². The zero-order valence-electron chi connectivity index (χ0n) is 8.79. The van der Waals surface area contributed by atoms with Crippen LogP contribution in [0, 0.1) is 0 Å². The van der Waals surface area contributed by atoms with E-state index in [1.807, 2.05) is 18.2 Å². The molecule has 0 aliphatic carbocycles. The molecular formula is C11H12N2O3. The van der Waals surface area contributed by atoms with Gasteiger partial charge in [-0.2, -0.15) is 0 Å². The zero-order valence-corrected chi connectivity index (χ0v) is 8.79. The number of hydrogen-bond donors (Lipinski definition) is 1. The Labute approximate surface area is 93.1 Å². The SMILES string of the molecule is COC(=O)/C=C/O/N=C(\N)c1ccccc1. The van der Waals surface area contributed by atoms with E-state index in [1.54, 1.807) is 12.1 Å². The molecule has 0 unspecified atom stereocenters. The summed E-state index contributed by atoms with van der Waals surface area (Å²) in [6.45, 7) is 0. The molecule has 16 heavy (non-hydrogen) atoms. The summed E-state index contributed by atoms with van der Waals surface area (Å²) in [6.07, 6.45) is 2.20. The lowest BCUT2D eigenvalue weighted by molar-refractivity contribution is -0.134. The number of amidine groups is 1. The fourth-order valence-corrected chi connectivity index (χ4v) is 0.903. The van der Waals surface area contributed by atoms with E-state index in [0.29, 0.717) is 0 Å². The molecule has 5 heteroatoms. The number of nitrogens with zero attached hydrogens (tertiary/aromatic N) is 1.